The maximum atomic E-state index is 13.7. The molecule has 0 aromatic rings. The van der Waals surface area contributed by atoms with E-state index in [1.807, 2.05) is 0 Å². The zero-order chi connectivity index (χ0) is 28.0. The summed E-state index contributed by atoms with van der Waals surface area (Å²) in [4.78, 5) is 90.1. The number of esters is 4. The van der Waals surface area contributed by atoms with E-state index in [0.29, 0.717) is 0 Å². The number of carbonyl (C=O) groups excluding carboxylic acids is 7. The van der Waals surface area contributed by atoms with Gasteiger partial charge in [-0.15, -0.1) is 0 Å². The lowest BCUT2D eigenvalue weighted by molar-refractivity contribution is -0.162. The second kappa shape index (κ2) is 15.6. The van der Waals surface area contributed by atoms with Crippen LogP contribution < -0.4 is 0 Å². The molecule has 1 fully saturated rings. The van der Waals surface area contributed by atoms with Gasteiger partial charge < -0.3 is 18.9 Å². The number of barbiturate groups is 1. The predicted octanol–water partition coefficient (Wildman–Crippen LogP) is 1.36. The summed E-state index contributed by atoms with van der Waals surface area (Å²) in [7, 11) is 0. The molecule has 1 heterocycles. The van der Waals surface area contributed by atoms with Gasteiger partial charge in [-0.3, -0.25) is 38.6 Å². The lowest BCUT2D eigenvalue weighted by Crippen LogP contribution is -2.65. The highest BCUT2D eigenvalue weighted by atomic mass is 16.5. The van der Waals surface area contributed by atoms with Crippen molar-refractivity contribution < 1.29 is 52.5 Å². The lowest BCUT2D eigenvalue weighted by Gasteiger charge is -2.44. The summed E-state index contributed by atoms with van der Waals surface area (Å²) in [5.41, 5.74) is -2.00. The Hall–Kier alpha value is -3.51. The topological polar surface area (TPSA) is 163 Å². The number of rotatable bonds is 16. The van der Waals surface area contributed by atoms with Gasteiger partial charge >= 0.3 is 29.9 Å². The van der Waals surface area contributed by atoms with E-state index in [9.17, 15) is 33.6 Å². The monoisotopic (exact) mass is 528 g/mol. The molecule has 0 aromatic carbocycles. The molecule has 0 spiro atoms. The normalized spacial score (nSPS) is 14.9. The number of urea groups is 1. The molecule has 1 saturated heterocycles. The Morgan fingerprint density at radius 1 is 0.568 bits per heavy atom. The van der Waals surface area contributed by atoms with Crippen molar-refractivity contribution in [3.8, 4) is 0 Å². The molecule has 0 radical (unpaired) electrons. The van der Waals surface area contributed by atoms with Crippen molar-refractivity contribution in [2.45, 2.75) is 66.2 Å². The summed E-state index contributed by atoms with van der Waals surface area (Å²) in [6.45, 7) is 5.92. The van der Waals surface area contributed by atoms with Crippen molar-refractivity contribution in [2.75, 3.05) is 39.5 Å². The standard InChI is InChI=1S/C24H36N2O11/c1-5-34-17(27)9-13-24(14-10-18(28)35-6-2)21(31)25(15-11-19(29)36-7-3)23(33)26(22(24)32)16-12-20(30)37-8-4/h5-16H2,1-4H3. The molecule has 0 bridgehead atoms. The molecule has 13 heteroatoms. The van der Waals surface area contributed by atoms with Gasteiger partial charge in [0.15, 0.2) is 0 Å². The minimum absolute atomic E-state index is 0.0758. The van der Waals surface area contributed by atoms with Gasteiger partial charge in [-0.25, -0.2) is 4.79 Å². The molecular weight excluding hydrogens is 492 g/mol. The van der Waals surface area contributed by atoms with E-state index in [-0.39, 0.29) is 65.0 Å². The quantitative estimate of drug-likeness (QED) is 0.161. The van der Waals surface area contributed by atoms with Gasteiger partial charge in [0, 0.05) is 25.9 Å². The van der Waals surface area contributed by atoms with E-state index >= 15 is 0 Å². The van der Waals surface area contributed by atoms with Crippen LogP contribution in [0, 0.1) is 5.41 Å². The van der Waals surface area contributed by atoms with Crippen molar-refractivity contribution in [3.63, 3.8) is 0 Å². The fourth-order valence-corrected chi connectivity index (χ4v) is 3.84. The molecule has 1 rings (SSSR count). The molecule has 1 aliphatic heterocycles. The third-order valence-corrected chi connectivity index (χ3v) is 5.58. The van der Waals surface area contributed by atoms with Crippen LogP contribution in [0.25, 0.3) is 0 Å². The van der Waals surface area contributed by atoms with Gasteiger partial charge in [0.1, 0.15) is 5.41 Å². The Labute approximate surface area is 215 Å². The van der Waals surface area contributed by atoms with E-state index in [1.165, 1.54) is 0 Å². The smallest absolute Gasteiger partial charge is 0.333 e. The first kappa shape index (κ1) is 31.5. The highest BCUT2D eigenvalue weighted by Gasteiger charge is 2.57. The van der Waals surface area contributed by atoms with Crippen LogP contribution >= 0.6 is 0 Å². The molecular formula is C24H36N2O11. The number of carbonyl (C=O) groups is 7. The molecule has 13 nitrogen and oxygen atoms in total. The maximum absolute atomic E-state index is 13.7. The van der Waals surface area contributed by atoms with Gasteiger partial charge in [-0.2, -0.15) is 0 Å². The zero-order valence-corrected chi connectivity index (χ0v) is 21.9. The first-order valence-electron chi connectivity index (χ1n) is 12.4. The van der Waals surface area contributed by atoms with Crippen LogP contribution in [-0.4, -0.2) is 91.0 Å². The highest BCUT2D eigenvalue weighted by molar-refractivity contribution is 6.19. The Bertz CT molecular complexity index is 803. The minimum Gasteiger partial charge on any atom is -0.466 e. The lowest BCUT2D eigenvalue weighted by atomic mass is 9.74. The van der Waals surface area contributed by atoms with E-state index in [2.05, 4.69) is 0 Å². The average Bonchev–Trinajstić information content (AvgIpc) is 2.84. The van der Waals surface area contributed by atoms with Gasteiger partial charge in [0.2, 0.25) is 11.8 Å². The van der Waals surface area contributed by atoms with Crippen LogP contribution in [-0.2, 0) is 47.7 Å². The van der Waals surface area contributed by atoms with Crippen molar-refractivity contribution in [1.82, 2.24) is 9.80 Å². The third kappa shape index (κ3) is 8.83. The number of ether oxygens (including phenoxy) is 4. The molecule has 0 aliphatic carbocycles. The van der Waals surface area contributed by atoms with Crippen LogP contribution in [0.5, 0.6) is 0 Å². The largest absolute Gasteiger partial charge is 0.466 e. The molecule has 37 heavy (non-hydrogen) atoms. The van der Waals surface area contributed by atoms with Gasteiger partial charge in [0.05, 0.1) is 39.3 Å². The fraction of sp³-hybridized carbons (Fsp3) is 0.708. The van der Waals surface area contributed by atoms with Crippen molar-refractivity contribution in [2.24, 2.45) is 5.41 Å². The van der Waals surface area contributed by atoms with Crippen LogP contribution in [0.3, 0.4) is 0 Å². The second-order valence-corrected chi connectivity index (χ2v) is 8.00. The molecule has 0 atom stereocenters. The number of hydrogen-bond donors (Lipinski definition) is 0. The van der Waals surface area contributed by atoms with E-state index in [0.717, 1.165) is 9.80 Å². The Kier molecular flexibility index (Phi) is 13.3. The van der Waals surface area contributed by atoms with Crippen molar-refractivity contribution >= 4 is 41.7 Å². The maximum Gasteiger partial charge on any atom is 0.333 e. The van der Waals surface area contributed by atoms with E-state index in [1.54, 1.807) is 27.7 Å². The first-order valence-corrected chi connectivity index (χ1v) is 12.4. The first-order chi connectivity index (χ1) is 17.6. The number of imide groups is 2. The summed E-state index contributed by atoms with van der Waals surface area (Å²) in [5, 5.41) is 0. The Morgan fingerprint density at radius 3 is 1.16 bits per heavy atom. The Morgan fingerprint density at radius 2 is 0.865 bits per heavy atom. The molecule has 4 amide bonds. The van der Waals surface area contributed by atoms with Crippen LogP contribution in [0.2, 0.25) is 0 Å². The van der Waals surface area contributed by atoms with Crippen LogP contribution in [0.4, 0.5) is 4.79 Å². The van der Waals surface area contributed by atoms with Crippen LogP contribution in [0.1, 0.15) is 66.2 Å². The molecule has 0 unspecified atom stereocenters. The van der Waals surface area contributed by atoms with Crippen LogP contribution in [0.15, 0.2) is 0 Å². The molecule has 0 saturated carbocycles. The highest BCUT2D eigenvalue weighted by Crippen LogP contribution is 2.39. The third-order valence-electron chi connectivity index (χ3n) is 5.58. The van der Waals surface area contributed by atoms with E-state index in [4.69, 9.17) is 18.9 Å². The summed E-state index contributed by atoms with van der Waals surface area (Å²) >= 11 is 0. The minimum atomic E-state index is -2.00. The summed E-state index contributed by atoms with van der Waals surface area (Å²) in [6.07, 6.45) is -2.09. The summed E-state index contributed by atoms with van der Waals surface area (Å²) in [5.74, 6) is -4.58. The van der Waals surface area contributed by atoms with Gasteiger partial charge in [-0.1, -0.05) is 0 Å². The molecule has 0 aromatic heterocycles. The van der Waals surface area contributed by atoms with Crippen molar-refractivity contribution in [1.29, 1.82) is 0 Å². The SMILES string of the molecule is CCOC(=O)CCN1C(=O)N(CCC(=O)OCC)C(=O)C(CCC(=O)OCC)(CCC(=O)OCC)C1=O. The zero-order valence-electron chi connectivity index (χ0n) is 21.9. The van der Waals surface area contributed by atoms with Crippen molar-refractivity contribution in [3.05, 3.63) is 0 Å². The number of amides is 4. The van der Waals surface area contributed by atoms with Gasteiger partial charge in [0.25, 0.3) is 0 Å². The second-order valence-electron chi connectivity index (χ2n) is 8.00. The fourth-order valence-electron chi connectivity index (χ4n) is 3.84. The van der Waals surface area contributed by atoms with E-state index < -0.39 is 60.2 Å². The molecule has 0 N–H and O–H groups in total. The average molecular weight is 529 g/mol. The molecule has 1 aliphatic rings. The molecule has 208 valence electrons. The Balaban J connectivity index is 3.42. The van der Waals surface area contributed by atoms with Gasteiger partial charge in [-0.05, 0) is 40.5 Å². The number of nitrogens with zero attached hydrogens (tertiary/aromatic N) is 2. The number of hydrogen-bond acceptors (Lipinski definition) is 11. The summed E-state index contributed by atoms with van der Waals surface area (Å²) in [6, 6.07) is -1.02. The predicted molar refractivity (Wildman–Crippen MR) is 125 cm³/mol. The summed E-state index contributed by atoms with van der Waals surface area (Å²) < 4.78 is 19.6.